The number of carbonyl (C=O) groups is 1. The van der Waals surface area contributed by atoms with Crippen LogP contribution in [0.2, 0.25) is 0 Å². The number of carbonyl (C=O) groups excluding carboxylic acids is 1. The first-order valence-electron chi connectivity index (χ1n) is 3.62. The van der Waals surface area contributed by atoms with Crippen LogP contribution in [-0.4, -0.2) is 33.0 Å². The zero-order valence-corrected chi connectivity index (χ0v) is 8.10. The fraction of sp³-hybridized carbons (Fsp3) is 0.857. The normalized spacial score (nSPS) is 16.0. The maximum atomic E-state index is 11.2. The lowest BCUT2D eigenvalue weighted by molar-refractivity contribution is -0.119. The highest BCUT2D eigenvalue weighted by Gasteiger charge is 2.17. The number of rotatable bonds is 4. The van der Waals surface area contributed by atoms with Crippen LogP contribution in [-0.2, 0) is 14.7 Å². The second-order valence-electron chi connectivity index (χ2n) is 3.01. The highest BCUT2D eigenvalue weighted by atomic mass is 32.2. The third kappa shape index (κ3) is 4.27. The van der Waals surface area contributed by atoms with Crippen LogP contribution in [0.5, 0.6) is 0 Å². The van der Waals surface area contributed by atoms with Crippen molar-refractivity contribution < 1.29 is 14.1 Å². The molecule has 0 aliphatic heterocycles. The molecular formula is C7H16O3S. The molecule has 4 heteroatoms. The second-order valence-corrected chi connectivity index (χ2v) is 6.48. The Morgan fingerprint density at radius 1 is 1.55 bits per heavy atom. The van der Waals surface area contributed by atoms with Crippen LogP contribution in [0.3, 0.4) is 0 Å². The molecule has 11 heavy (non-hydrogen) atoms. The van der Waals surface area contributed by atoms with Crippen molar-refractivity contribution in [2.45, 2.75) is 25.2 Å². The van der Waals surface area contributed by atoms with E-state index >= 15 is 0 Å². The topological polar surface area (TPSA) is 54.4 Å². The monoisotopic (exact) mass is 180 g/mol. The molecule has 0 amide bonds. The molecule has 0 spiro atoms. The van der Waals surface area contributed by atoms with Crippen LogP contribution in [0.25, 0.3) is 0 Å². The van der Waals surface area contributed by atoms with E-state index in [9.17, 15) is 14.1 Å². The Bertz CT molecular complexity index is 182. The molecule has 1 N–H and O–H groups in total. The lowest BCUT2D eigenvalue weighted by Crippen LogP contribution is -2.27. The van der Waals surface area contributed by atoms with Gasteiger partial charge in [-0.15, -0.1) is 0 Å². The van der Waals surface area contributed by atoms with Crippen molar-refractivity contribution in [3.05, 3.63) is 0 Å². The van der Waals surface area contributed by atoms with Crippen molar-refractivity contribution in [2.24, 2.45) is 0 Å². The van der Waals surface area contributed by atoms with Crippen LogP contribution in [0.4, 0.5) is 0 Å². The van der Waals surface area contributed by atoms with Crippen LogP contribution in [0.1, 0.15) is 19.8 Å². The van der Waals surface area contributed by atoms with Gasteiger partial charge >= 0.3 is 0 Å². The standard InChI is InChI=1S/C7H16O3S/c1-4-6(8)5-7(9)11(2,3)10/h7,9,11H,4-5H2,1-3H3. The maximum absolute atomic E-state index is 11.2. The van der Waals surface area contributed by atoms with E-state index in [1.54, 1.807) is 6.92 Å². The summed E-state index contributed by atoms with van der Waals surface area (Å²) in [6.45, 7) is 1.73. The molecule has 3 nitrogen and oxygen atoms in total. The van der Waals surface area contributed by atoms with Crippen LogP contribution < -0.4 is 0 Å². The molecule has 0 aliphatic carbocycles. The highest BCUT2D eigenvalue weighted by Crippen LogP contribution is 2.07. The summed E-state index contributed by atoms with van der Waals surface area (Å²) in [5.74, 6) is -0.0403. The summed E-state index contributed by atoms with van der Waals surface area (Å²) in [6, 6.07) is 0. The Balaban J connectivity index is 3.98. The fourth-order valence-corrected chi connectivity index (χ4v) is 1.21. The third-order valence-corrected chi connectivity index (χ3v) is 3.14. The number of hydrogen-bond donors (Lipinski definition) is 2. The Kier molecular flexibility index (Phi) is 3.89. The van der Waals surface area contributed by atoms with Crippen molar-refractivity contribution >= 4 is 15.7 Å². The van der Waals surface area contributed by atoms with E-state index in [0.29, 0.717) is 6.42 Å². The number of aliphatic hydroxyl groups is 1. The predicted octanol–water partition coefficient (Wildman–Crippen LogP) is -0.0497. The van der Waals surface area contributed by atoms with Crippen molar-refractivity contribution in [1.82, 2.24) is 0 Å². The summed E-state index contributed by atoms with van der Waals surface area (Å²) in [5.41, 5.74) is -0.949. The molecular weight excluding hydrogens is 164 g/mol. The maximum Gasteiger partial charge on any atom is 0.136 e. The first-order valence-corrected chi connectivity index (χ1v) is 6.29. The van der Waals surface area contributed by atoms with Crippen molar-refractivity contribution in [1.29, 1.82) is 0 Å². The molecule has 0 aromatic rings. The Morgan fingerprint density at radius 2 is 2.00 bits per heavy atom. The number of aliphatic hydroxyl groups excluding tert-OH is 1. The molecule has 0 radical (unpaired) electrons. The average Bonchev–Trinajstić information content (AvgIpc) is 1.85. The molecule has 0 saturated heterocycles. The van der Waals surface area contributed by atoms with Gasteiger partial charge in [-0.05, 0) is 12.5 Å². The van der Waals surface area contributed by atoms with Gasteiger partial charge in [-0.2, -0.15) is 0 Å². The van der Waals surface area contributed by atoms with Gasteiger partial charge in [0.15, 0.2) is 0 Å². The zero-order valence-electron chi connectivity index (χ0n) is 7.20. The van der Waals surface area contributed by atoms with Gasteiger partial charge in [0.2, 0.25) is 0 Å². The van der Waals surface area contributed by atoms with E-state index in [0.717, 1.165) is 0 Å². The SMILES string of the molecule is CCC(=O)CC(O)[SH](C)(C)=O. The molecule has 0 aliphatic rings. The summed E-state index contributed by atoms with van der Waals surface area (Å²) in [4.78, 5) is 10.8. The third-order valence-electron chi connectivity index (χ3n) is 1.52. The van der Waals surface area contributed by atoms with Crippen molar-refractivity contribution in [3.63, 3.8) is 0 Å². The number of thiol groups is 1. The average molecular weight is 180 g/mol. The first kappa shape index (κ1) is 10.8. The number of hydrogen-bond acceptors (Lipinski definition) is 3. The molecule has 0 fully saturated rings. The lowest BCUT2D eigenvalue weighted by Gasteiger charge is -2.18. The van der Waals surface area contributed by atoms with E-state index in [1.165, 1.54) is 12.5 Å². The van der Waals surface area contributed by atoms with Gasteiger partial charge < -0.3 is 5.11 Å². The first-order chi connectivity index (χ1) is 4.88. The molecule has 1 unspecified atom stereocenters. The molecule has 1 atom stereocenters. The van der Waals surface area contributed by atoms with Gasteiger partial charge in [0.1, 0.15) is 11.2 Å². The molecule has 0 bridgehead atoms. The summed E-state index contributed by atoms with van der Waals surface area (Å²) < 4.78 is 11.2. The number of ketones is 1. The van der Waals surface area contributed by atoms with Crippen LogP contribution in [0.15, 0.2) is 0 Å². The number of Topliss-reactive ketones (excluding diaryl/α,β-unsaturated/α-hetero) is 1. The highest BCUT2D eigenvalue weighted by molar-refractivity contribution is 8.02. The van der Waals surface area contributed by atoms with Crippen LogP contribution >= 0.6 is 0 Å². The Hall–Kier alpha value is -0.220. The van der Waals surface area contributed by atoms with Crippen LogP contribution in [0, 0.1) is 0 Å². The van der Waals surface area contributed by atoms with Gasteiger partial charge in [-0.25, -0.2) is 0 Å². The quantitative estimate of drug-likeness (QED) is 0.596. The Morgan fingerprint density at radius 3 is 2.27 bits per heavy atom. The minimum absolute atomic E-state index is 0.0285. The minimum Gasteiger partial charge on any atom is -0.381 e. The zero-order chi connectivity index (χ0) is 9.07. The van der Waals surface area contributed by atoms with E-state index in [-0.39, 0.29) is 12.2 Å². The predicted molar refractivity (Wildman–Crippen MR) is 47.3 cm³/mol. The van der Waals surface area contributed by atoms with Crippen molar-refractivity contribution in [2.75, 3.05) is 12.5 Å². The van der Waals surface area contributed by atoms with Gasteiger partial charge in [-0.1, -0.05) is 16.9 Å². The molecule has 0 aromatic heterocycles. The van der Waals surface area contributed by atoms with Gasteiger partial charge in [0.25, 0.3) is 0 Å². The fourth-order valence-electron chi connectivity index (χ4n) is 0.568. The minimum atomic E-state index is -2.49. The largest absolute Gasteiger partial charge is 0.381 e. The summed E-state index contributed by atoms with van der Waals surface area (Å²) >= 11 is 0. The van der Waals surface area contributed by atoms with Gasteiger partial charge in [0, 0.05) is 12.8 Å². The smallest absolute Gasteiger partial charge is 0.136 e. The summed E-state index contributed by atoms with van der Waals surface area (Å²) in [6.07, 6.45) is 3.40. The molecule has 0 aromatic carbocycles. The van der Waals surface area contributed by atoms with E-state index in [4.69, 9.17) is 0 Å². The summed E-state index contributed by atoms with van der Waals surface area (Å²) in [5, 5.41) is 9.20. The lowest BCUT2D eigenvalue weighted by atomic mass is 10.2. The second kappa shape index (κ2) is 3.97. The van der Waals surface area contributed by atoms with E-state index in [1.807, 2.05) is 0 Å². The van der Waals surface area contributed by atoms with Gasteiger partial charge in [0.05, 0.1) is 0 Å². The molecule has 0 saturated carbocycles. The molecule has 68 valence electrons. The van der Waals surface area contributed by atoms with Gasteiger partial charge in [-0.3, -0.25) is 9.00 Å². The van der Waals surface area contributed by atoms with Crippen molar-refractivity contribution in [3.8, 4) is 0 Å². The van der Waals surface area contributed by atoms with E-state index < -0.39 is 15.4 Å². The molecule has 0 rings (SSSR count). The summed E-state index contributed by atoms with van der Waals surface area (Å²) in [7, 11) is -2.49. The van der Waals surface area contributed by atoms with E-state index in [2.05, 4.69) is 0 Å². The molecule has 0 heterocycles. The Labute approximate surface area is 68.2 Å².